The Morgan fingerprint density at radius 1 is 1.57 bits per heavy atom. The first-order valence-electron chi connectivity index (χ1n) is 4.05. The highest BCUT2D eigenvalue weighted by Crippen LogP contribution is 2.30. The summed E-state index contributed by atoms with van der Waals surface area (Å²) in [4.78, 5) is 10.8. The molecule has 0 unspecified atom stereocenters. The minimum absolute atomic E-state index is 0.248. The summed E-state index contributed by atoms with van der Waals surface area (Å²) in [5.74, 6) is 0.653. The van der Waals surface area contributed by atoms with Gasteiger partial charge < -0.3 is 5.73 Å². The van der Waals surface area contributed by atoms with E-state index in [0.717, 1.165) is 14.4 Å². The summed E-state index contributed by atoms with van der Waals surface area (Å²) >= 11 is 4.50. The lowest BCUT2D eigenvalue weighted by Crippen LogP contribution is -2.22. The number of hydrogen-bond acceptors (Lipinski definition) is 6. The van der Waals surface area contributed by atoms with Gasteiger partial charge in [-0.2, -0.15) is 0 Å². The Labute approximate surface area is 95.1 Å². The second kappa shape index (κ2) is 5.57. The van der Waals surface area contributed by atoms with E-state index in [1.165, 1.54) is 23.1 Å². The molecule has 0 radical (unpaired) electrons. The fraction of sp³-hybridized carbons (Fsp3) is 0.571. The fourth-order valence-electron chi connectivity index (χ4n) is 0.636. The van der Waals surface area contributed by atoms with E-state index < -0.39 is 0 Å². The van der Waals surface area contributed by atoms with Gasteiger partial charge in [0.15, 0.2) is 8.68 Å². The van der Waals surface area contributed by atoms with E-state index >= 15 is 0 Å². The smallest absolute Gasteiger partial charge is 0.230 e. The lowest BCUT2D eigenvalue weighted by molar-refractivity contribution is -0.117. The van der Waals surface area contributed by atoms with Gasteiger partial charge >= 0.3 is 0 Å². The first-order chi connectivity index (χ1) is 6.63. The van der Waals surface area contributed by atoms with Crippen molar-refractivity contribution in [3.05, 3.63) is 0 Å². The zero-order chi connectivity index (χ0) is 10.6. The number of carbonyl (C=O) groups is 1. The van der Waals surface area contributed by atoms with Gasteiger partial charge in [0.25, 0.3) is 0 Å². The van der Waals surface area contributed by atoms with Gasteiger partial charge in [0.05, 0.1) is 5.25 Å². The number of thioether (sulfide) groups is 2. The van der Waals surface area contributed by atoms with Crippen molar-refractivity contribution in [3.63, 3.8) is 0 Å². The van der Waals surface area contributed by atoms with Gasteiger partial charge in [-0.05, 0) is 12.7 Å². The van der Waals surface area contributed by atoms with E-state index in [4.69, 9.17) is 5.73 Å². The molecule has 0 bridgehead atoms. The minimum atomic E-state index is -0.324. The van der Waals surface area contributed by atoms with Crippen LogP contribution in [0.15, 0.2) is 8.68 Å². The maximum atomic E-state index is 10.8. The van der Waals surface area contributed by atoms with Crippen LogP contribution in [0.3, 0.4) is 0 Å². The zero-order valence-corrected chi connectivity index (χ0v) is 10.3. The first-order valence-corrected chi connectivity index (χ1v) is 6.74. The molecule has 7 heteroatoms. The SMILES string of the molecule is CCSc1nnc(S[C@@H](C)C(N)=O)s1. The molecule has 2 N–H and O–H groups in total. The lowest BCUT2D eigenvalue weighted by atomic mass is 10.5. The normalized spacial score (nSPS) is 12.7. The van der Waals surface area contributed by atoms with Gasteiger partial charge in [-0.1, -0.05) is 41.8 Å². The third kappa shape index (κ3) is 3.47. The summed E-state index contributed by atoms with van der Waals surface area (Å²) in [6, 6.07) is 0. The van der Waals surface area contributed by atoms with Gasteiger partial charge in [0, 0.05) is 0 Å². The molecule has 1 atom stereocenters. The predicted octanol–water partition coefficient (Wildman–Crippen LogP) is 1.62. The molecule has 0 aliphatic heterocycles. The maximum absolute atomic E-state index is 10.8. The monoisotopic (exact) mass is 249 g/mol. The van der Waals surface area contributed by atoms with E-state index in [-0.39, 0.29) is 11.2 Å². The molecule has 78 valence electrons. The van der Waals surface area contributed by atoms with Crippen LogP contribution in [0, 0.1) is 0 Å². The molecule has 0 fully saturated rings. The molecule has 1 aromatic heterocycles. The Bertz CT molecular complexity index is 315. The molecule has 0 aromatic carbocycles. The number of rotatable bonds is 5. The lowest BCUT2D eigenvalue weighted by Gasteiger charge is -2.01. The van der Waals surface area contributed by atoms with Crippen LogP contribution in [-0.2, 0) is 4.79 Å². The Morgan fingerprint density at radius 3 is 2.79 bits per heavy atom. The van der Waals surface area contributed by atoms with Gasteiger partial charge in [-0.25, -0.2) is 0 Å². The Hall–Kier alpha value is -0.270. The molecule has 1 rings (SSSR count). The van der Waals surface area contributed by atoms with Crippen LogP contribution in [0.5, 0.6) is 0 Å². The molecule has 0 saturated carbocycles. The number of amides is 1. The van der Waals surface area contributed by atoms with E-state index in [9.17, 15) is 4.79 Å². The van der Waals surface area contributed by atoms with Gasteiger partial charge in [-0.3, -0.25) is 4.79 Å². The van der Waals surface area contributed by atoms with Crippen molar-refractivity contribution >= 4 is 40.8 Å². The number of primary amides is 1. The molecule has 1 aromatic rings. The summed E-state index contributed by atoms with van der Waals surface area (Å²) < 4.78 is 1.74. The van der Waals surface area contributed by atoms with Crippen LogP contribution in [-0.4, -0.2) is 27.1 Å². The summed E-state index contributed by atoms with van der Waals surface area (Å²) in [5.41, 5.74) is 5.14. The molecule has 0 aliphatic carbocycles. The number of nitrogens with two attached hydrogens (primary N) is 1. The van der Waals surface area contributed by atoms with Crippen molar-refractivity contribution in [1.82, 2.24) is 10.2 Å². The molecule has 0 saturated heterocycles. The third-order valence-corrected chi connectivity index (χ3v) is 4.48. The maximum Gasteiger partial charge on any atom is 0.230 e. The zero-order valence-electron chi connectivity index (χ0n) is 7.89. The van der Waals surface area contributed by atoms with Crippen LogP contribution in [0.25, 0.3) is 0 Å². The second-order valence-corrected chi connectivity index (χ2v) is 6.51. The number of nitrogens with zero attached hydrogens (tertiary/aromatic N) is 2. The van der Waals surface area contributed by atoms with Crippen molar-refractivity contribution in [2.45, 2.75) is 27.8 Å². The van der Waals surface area contributed by atoms with E-state index in [0.29, 0.717) is 0 Å². The highest BCUT2D eigenvalue weighted by Gasteiger charge is 2.13. The minimum Gasteiger partial charge on any atom is -0.369 e. The van der Waals surface area contributed by atoms with Crippen LogP contribution in [0.1, 0.15) is 13.8 Å². The fourth-order valence-corrected chi connectivity index (χ4v) is 3.65. The standard InChI is InChI=1S/C7H11N3OS3/c1-3-12-6-9-10-7(14-6)13-4(2)5(8)11/h4H,3H2,1-2H3,(H2,8,11)/t4-/m0/s1. The molecule has 1 amide bonds. The largest absolute Gasteiger partial charge is 0.369 e. The van der Waals surface area contributed by atoms with E-state index in [1.807, 2.05) is 0 Å². The Balaban J connectivity index is 2.55. The second-order valence-electron chi connectivity index (χ2n) is 2.43. The molecule has 0 aliphatic rings. The topological polar surface area (TPSA) is 68.9 Å². The Kier molecular flexibility index (Phi) is 4.70. The van der Waals surface area contributed by atoms with E-state index in [1.54, 1.807) is 18.7 Å². The highest BCUT2D eigenvalue weighted by molar-refractivity contribution is 8.03. The van der Waals surface area contributed by atoms with Crippen molar-refractivity contribution in [2.75, 3.05) is 5.75 Å². The van der Waals surface area contributed by atoms with Gasteiger partial charge in [0.1, 0.15) is 0 Å². The predicted molar refractivity (Wildman–Crippen MR) is 60.8 cm³/mol. The number of carbonyl (C=O) groups excluding carboxylic acids is 1. The van der Waals surface area contributed by atoms with Crippen molar-refractivity contribution in [3.8, 4) is 0 Å². The van der Waals surface area contributed by atoms with Crippen LogP contribution < -0.4 is 5.73 Å². The average molecular weight is 249 g/mol. The summed E-state index contributed by atoms with van der Waals surface area (Å²) in [7, 11) is 0. The number of hydrogen-bond donors (Lipinski definition) is 1. The highest BCUT2D eigenvalue weighted by atomic mass is 32.2. The number of aromatic nitrogens is 2. The quantitative estimate of drug-likeness (QED) is 0.803. The van der Waals surface area contributed by atoms with Gasteiger partial charge in [0.2, 0.25) is 5.91 Å². The van der Waals surface area contributed by atoms with Gasteiger partial charge in [-0.15, -0.1) is 10.2 Å². The first kappa shape index (κ1) is 11.8. The van der Waals surface area contributed by atoms with Crippen molar-refractivity contribution in [1.29, 1.82) is 0 Å². The summed E-state index contributed by atoms with van der Waals surface area (Å²) in [5, 5.41) is 7.69. The summed E-state index contributed by atoms with van der Waals surface area (Å²) in [6.07, 6.45) is 0. The third-order valence-electron chi connectivity index (χ3n) is 1.33. The van der Waals surface area contributed by atoms with Crippen LogP contribution in [0.2, 0.25) is 0 Å². The Morgan fingerprint density at radius 2 is 2.21 bits per heavy atom. The molecular formula is C7H11N3OS3. The van der Waals surface area contributed by atoms with Crippen LogP contribution >= 0.6 is 34.9 Å². The molecule has 4 nitrogen and oxygen atoms in total. The van der Waals surface area contributed by atoms with Crippen molar-refractivity contribution < 1.29 is 4.79 Å². The molecule has 1 heterocycles. The molecular weight excluding hydrogens is 238 g/mol. The van der Waals surface area contributed by atoms with Crippen molar-refractivity contribution in [2.24, 2.45) is 5.73 Å². The average Bonchev–Trinajstić information content (AvgIpc) is 2.53. The molecule has 14 heavy (non-hydrogen) atoms. The molecule has 0 spiro atoms. The van der Waals surface area contributed by atoms with E-state index in [2.05, 4.69) is 17.1 Å². The summed E-state index contributed by atoms with van der Waals surface area (Å²) in [6.45, 7) is 3.83. The van der Waals surface area contributed by atoms with Crippen LogP contribution in [0.4, 0.5) is 0 Å².